The molecule has 0 N–H and O–H groups in total. The highest BCUT2D eigenvalue weighted by Gasteiger charge is 2.57. The second kappa shape index (κ2) is 6.30. The van der Waals surface area contributed by atoms with Crippen LogP contribution in [0, 0.1) is 11.8 Å². The van der Waals surface area contributed by atoms with Crippen LogP contribution in [0.4, 0.5) is 0 Å². The first-order valence-corrected chi connectivity index (χ1v) is 11.6. The molecule has 136 valence electrons. The Labute approximate surface area is 146 Å². The summed E-state index contributed by atoms with van der Waals surface area (Å²) in [7, 11) is -1.91. The van der Waals surface area contributed by atoms with Crippen molar-refractivity contribution in [2.75, 3.05) is 6.61 Å². The number of amides is 1. The lowest BCUT2D eigenvalue weighted by atomic mass is 9.79. The van der Waals surface area contributed by atoms with Crippen LogP contribution in [-0.4, -0.2) is 43.8 Å². The number of rotatable bonds is 5. The first kappa shape index (κ1) is 19.2. The first-order valence-electron chi connectivity index (χ1n) is 8.72. The largest absolute Gasteiger partial charge is 0.459 e. The van der Waals surface area contributed by atoms with Crippen molar-refractivity contribution in [3.63, 3.8) is 0 Å². The van der Waals surface area contributed by atoms with Crippen molar-refractivity contribution < 1.29 is 18.8 Å². The SMILES string of the molecule is CC(=O)OCC1=C[C@H](C)[C@@H]2[C@@H]([C@@H](C)O[Si](C)(C)C(C)(C)C)C(=O)N12. The van der Waals surface area contributed by atoms with E-state index in [1.165, 1.54) is 6.92 Å². The second-order valence-corrected chi connectivity index (χ2v) is 13.4. The van der Waals surface area contributed by atoms with E-state index in [0.717, 1.165) is 5.70 Å². The highest BCUT2D eigenvalue weighted by molar-refractivity contribution is 6.74. The minimum absolute atomic E-state index is 0.0916. The summed E-state index contributed by atoms with van der Waals surface area (Å²) in [4.78, 5) is 25.5. The quantitative estimate of drug-likeness (QED) is 0.432. The Hall–Kier alpha value is -1.14. The summed E-state index contributed by atoms with van der Waals surface area (Å²) < 4.78 is 11.5. The van der Waals surface area contributed by atoms with Crippen LogP contribution < -0.4 is 0 Å². The molecule has 24 heavy (non-hydrogen) atoms. The normalized spacial score (nSPS) is 28.2. The fourth-order valence-electron chi connectivity index (χ4n) is 3.40. The molecule has 2 heterocycles. The predicted octanol–water partition coefficient (Wildman–Crippen LogP) is 3.32. The van der Waals surface area contributed by atoms with Gasteiger partial charge in [0.05, 0.1) is 23.8 Å². The third kappa shape index (κ3) is 3.31. The van der Waals surface area contributed by atoms with Gasteiger partial charge < -0.3 is 14.1 Å². The van der Waals surface area contributed by atoms with Gasteiger partial charge in [-0.1, -0.05) is 33.8 Å². The molecular formula is C18H31NO4Si. The number of ether oxygens (including phenoxy) is 1. The lowest BCUT2D eigenvalue weighted by molar-refractivity contribution is -0.161. The Morgan fingerprint density at radius 2 is 1.96 bits per heavy atom. The van der Waals surface area contributed by atoms with E-state index in [9.17, 15) is 9.59 Å². The van der Waals surface area contributed by atoms with Gasteiger partial charge in [-0.05, 0) is 31.0 Å². The van der Waals surface area contributed by atoms with Gasteiger partial charge in [0, 0.05) is 6.92 Å². The molecule has 2 rings (SSSR count). The highest BCUT2D eigenvalue weighted by Crippen LogP contribution is 2.46. The highest BCUT2D eigenvalue weighted by atomic mass is 28.4. The van der Waals surface area contributed by atoms with Gasteiger partial charge in [0.25, 0.3) is 0 Å². The van der Waals surface area contributed by atoms with Crippen LogP contribution in [0.25, 0.3) is 0 Å². The average Bonchev–Trinajstić information content (AvgIpc) is 2.66. The maximum Gasteiger partial charge on any atom is 0.303 e. The molecule has 4 atom stereocenters. The molecule has 0 aromatic rings. The molecule has 0 radical (unpaired) electrons. The zero-order chi connectivity index (χ0) is 18.4. The van der Waals surface area contributed by atoms with E-state index < -0.39 is 8.32 Å². The minimum Gasteiger partial charge on any atom is -0.459 e. The zero-order valence-electron chi connectivity index (χ0n) is 16.2. The van der Waals surface area contributed by atoms with E-state index in [1.54, 1.807) is 4.90 Å². The van der Waals surface area contributed by atoms with E-state index in [0.29, 0.717) is 0 Å². The molecule has 1 fully saturated rings. The van der Waals surface area contributed by atoms with Crippen LogP contribution in [0.5, 0.6) is 0 Å². The van der Waals surface area contributed by atoms with E-state index >= 15 is 0 Å². The Morgan fingerprint density at radius 1 is 1.38 bits per heavy atom. The van der Waals surface area contributed by atoms with Crippen molar-refractivity contribution >= 4 is 20.2 Å². The minimum atomic E-state index is -1.91. The molecule has 0 saturated carbocycles. The number of carbonyl (C=O) groups excluding carboxylic acids is 2. The summed E-state index contributed by atoms with van der Waals surface area (Å²) >= 11 is 0. The van der Waals surface area contributed by atoms with Gasteiger partial charge in [-0.3, -0.25) is 9.59 Å². The molecule has 0 bridgehead atoms. The van der Waals surface area contributed by atoms with Crippen LogP contribution in [0.1, 0.15) is 41.5 Å². The summed E-state index contributed by atoms with van der Waals surface area (Å²) in [5, 5.41) is 0.119. The first-order chi connectivity index (χ1) is 10.9. The summed E-state index contributed by atoms with van der Waals surface area (Å²) in [5.41, 5.74) is 0.809. The molecule has 0 unspecified atom stereocenters. The third-order valence-corrected chi connectivity index (χ3v) is 10.3. The van der Waals surface area contributed by atoms with Gasteiger partial charge in [-0.25, -0.2) is 0 Å². The number of fused-ring (bicyclic) bond motifs is 1. The summed E-state index contributed by atoms with van der Waals surface area (Å²) in [6.07, 6.45) is 1.95. The monoisotopic (exact) mass is 353 g/mol. The summed E-state index contributed by atoms with van der Waals surface area (Å²) in [5.74, 6) is -0.0935. The molecule has 0 spiro atoms. The van der Waals surface area contributed by atoms with E-state index in [-0.39, 0.29) is 47.5 Å². The van der Waals surface area contributed by atoms with Crippen molar-refractivity contribution in [2.24, 2.45) is 11.8 Å². The Kier molecular flexibility index (Phi) is 5.03. The van der Waals surface area contributed by atoms with Gasteiger partial charge in [0.2, 0.25) is 5.91 Å². The van der Waals surface area contributed by atoms with Crippen molar-refractivity contribution in [3.05, 3.63) is 11.8 Å². The van der Waals surface area contributed by atoms with Gasteiger partial charge in [0.15, 0.2) is 8.32 Å². The number of esters is 1. The third-order valence-electron chi connectivity index (χ3n) is 5.71. The van der Waals surface area contributed by atoms with Crippen LogP contribution >= 0.6 is 0 Å². The maximum absolute atomic E-state index is 12.7. The lowest BCUT2D eigenvalue weighted by Crippen LogP contribution is -2.65. The van der Waals surface area contributed by atoms with Gasteiger partial charge in [0.1, 0.15) is 6.61 Å². The van der Waals surface area contributed by atoms with Crippen molar-refractivity contribution in [3.8, 4) is 0 Å². The molecule has 2 aliphatic rings. The molecule has 0 aromatic carbocycles. The summed E-state index contributed by atoms with van der Waals surface area (Å²) in [6, 6.07) is 0.128. The van der Waals surface area contributed by atoms with Crippen molar-refractivity contribution in [2.45, 2.75) is 71.8 Å². The Bertz CT molecular complexity index is 564. The van der Waals surface area contributed by atoms with Crippen molar-refractivity contribution in [1.29, 1.82) is 0 Å². The topological polar surface area (TPSA) is 55.8 Å². The standard InChI is InChI=1S/C18H31NO4Si/c1-11-9-14(10-22-13(3)20)19-16(11)15(17(19)21)12(2)23-24(7,8)18(4,5)6/h9,11-12,15-16H,10H2,1-8H3/t11-,12+,15+,16+/m0/s1. The fraction of sp³-hybridized carbons (Fsp3) is 0.778. The molecule has 1 saturated heterocycles. The maximum atomic E-state index is 12.7. The average molecular weight is 354 g/mol. The number of hydrogen-bond donors (Lipinski definition) is 0. The smallest absolute Gasteiger partial charge is 0.303 e. The fourth-order valence-corrected chi connectivity index (χ4v) is 4.83. The number of β-lactam (4-membered cyclic amide) rings is 1. The van der Waals surface area contributed by atoms with E-state index in [1.807, 2.05) is 13.0 Å². The predicted molar refractivity (Wildman–Crippen MR) is 95.7 cm³/mol. The zero-order valence-corrected chi connectivity index (χ0v) is 17.2. The van der Waals surface area contributed by atoms with Crippen molar-refractivity contribution in [1.82, 2.24) is 4.90 Å². The molecule has 6 heteroatoms. The van der Waals surface area contributed by atoms with Crippen LogP contribution in [-0.2, 0) is 18.8 Å². The number of nitrogens with zero attached hydrogens (tertiary/aromatic N) is 1. The Balaban J connectivity index is 2.06. The van der Waals surface area contributed by atoms with Crippen LogP contribution in [0.3, 0.4) is 0 Å². The second-order valence-electron chi connectivity index (χ2n) is 8.61. The molecular weight excluding hydrogens is 322 g/mol. The number of carbonyl (C=O) groups is 2. The van der Waals surface area contributed by atoms with Gasteiger partial charge >= 0.3 is 5.97 Å². The van der Waals surface area contributed by atoms with Crippen LogP contribution in [0.2, 0.25) is 18.1 Å². The molecule has 2 aliphatic heterocycles. The molecule has 0 aliphatic carbocycles. The summed E-state index contributed by atoms with van der Waals surface area (Å²) in [6.45, 7) is 16.7. The van der Waals surface area contributed by atoms with E-state index in [2.05, 4.69) is 40.8 Å². The van der Waals surface area contributed by atoms with Gasteiger partial charge in [-0.15, -0.1) is 0 Å². The van der Waals surface area contributed by atoms with E-state index in [4.69, 9.17) is 9.16 Å². The van der Waals surface area contributed by atoms with Crippen LogP contribution in [0.15, 0.2) is 11.8 Å². The Morgan fingerprint density at radius 3 is 2.46 bits per heavy atom. The molecule has 5 nitrogen and oxygen atoms in total. The van der Waals surface area contributed by atoms with Gasteiger partial charge in [-0.2, -0.15) is 0 Å². The number of hydrogen-bond acceptors (Lipinski definition) is 4. The molecule has 0 aromatic heterocycles. The lowest BCUT2D eigenvalue weighted by Gasteiger charge is -2.50. The molecule has 1 amide bonds.